The molecule has 0 fully saturated rings. The molecule has 0 saturated heterocycles. The molecule has 22 heavy (non-hydrogen) atoms. The minimum absolute atomic E-state index is 0.105. The summed E-state index contributed by atoms with van der Waals surface area (Å²) in [7, 11) is 0. The van der Waals surface area contributed by atoms with Crippen molar-refractivity contribution >= 4 is 10.9 Å². The van der Waals surface area contributed by atoms with E-state index < -0.39 is 0 Å². The number of rotatable bonds is 4. The molecule has 0 aliphatic heterocycles. The largest absolute Gasteiger partial charge is 0.358 e. The van der Waals surface area contributed by atoms with E-state index in [1.165, 1.54) is 0 Å². The molecule has 1 atom stereocenters. The van der Waals surface area contributed by atoms with Crippen molar-refractivity contribution in [3.05, 3.63) is 81.0 Å². The first-order valence-corrected chi connectivity index (χ1v) is 7.32. The molecule has 0 aliphatic rings. The van der Waals surface area contributed by atoms with Crippen LogP contribution in [0.4, 0.5) is 0 Å². The zero-order chi connectivity index (χ0) is 15.7. The number of aromatic nitrogens is 1. The van der Waals surface area contributed by atoms with Gasteiger partial charge in [-0.05, 0) is 31.0 Å². The molecule has 0 unspecified atom stereocenters. The molecule has 1 N–H and O–H groups in total. The lowest BCUT2D eigenvalue weighted by Gasteiger charge is -2.15. The Labute approximate surface area is 128 Å². The standard InChI is InChI=1S/C18H18N2O2/c1-12-7-9-14(10-8-12)16(11-20(21)22)18-13(2)19-17-6-4-3-5-15(17)18/h3-10,16,19H,11H2,1-2H3/t16-/m0/s1. The summed E-state index contributed by atoms with van der Waals surface area (Å²) in [6.45, 7) is 3.89. The van der Waals surface area contributed by atoms with Crippen LogP contribution >= 0.6 is 0 Å². The van der Waals surface area contributed by atoms with Gasteiger partial charge in [0.1, 0.15) is 0 Å². The molecular weight excluding hydrogens is 276 g/mol. The number of hydrogen-bond acceptors (Lipinski definition) is 2. The molecular formula is C18H18N2O2. The molecule has 0 saturated carbocycles. The summed E-state index contributed by atoms with van der Waals surface area (Å²) >= 11 is 0. The van der Waals surface area contributed by atoms with Crippen LogP contribution in [0, 0.1) is 24.0 Å². The first-order chi connectivity index (χ1) is 10.6. The second kappa shape index (κ2) is 5.64. The van der Waals surface area contributed by atoms with Crippen molar-refractivity contribution in [3.63, 3.8) is 0 Å². The van der Waals surface area contributed by atoms with Gasteiger partial charge in [0.25, 0.3) is 0 Å². The Bertz CT molecular complexity index is 819. The molecule has 3 aromatic rings. The molecule has 2 aromatic carbocycles. The second-order valence-corrected chi connectivity index (χ2v) is 5.69. The van der Waals surface area contributed by atoms with Crippen molar-refractivity contribution < 1.29 is 4.92 Å². The summed E-state index contributed by atoms with van der Waals surface area (Å²) in [6, 6.07) is 16.0. The average Bonchev–Trinajstić information content (AvgIpc) is 2.81. The highest BCUT2D eigenvalue weighted by atomic mass is 16.6. The molecule has 1 aromatic heterocycles. The fourth-order valence-electron chi connectivity index (χ4n) is 3.06. The number of hydrogen-bond donors (Lipinski definition) is 1. The molecule has 112 valence electrons. The van der Waals surface area contributed by atoms with Gasteiger partial charge in [0.2, 0.25) is 6.54 Å². The minimum Gasteiger partial charge on any atom is -0.358 e. The molecule has 4 nitrogen and oxygen atoms in total. The third kappa shape index (κ3) is 2.60. The van der Waals surface area contributed by atoms with Gasteiger partial charge in [0, 0.05) is 21.5 Å². The molecule has 4 heteroatoms. The van der Waals surface area contributed by atoms with Gasteiger partial charge >= 0.3 is 0 Å². The molecule has 3 rings (SSSR count). The third-order valence-electron chi connectivity index (χ3n) is 4.10. The lowest BCUT2D eigenvalue weighted by Crippen LogP contribution is -2.14. The van der Waals surface area contributed by atoms with Crippen LogP contribution in [-0.4, -0.2) is 16.5 Å². The van der Waals surface area contributed by atoms with Gasteiger partial charge < -0.3 is 4.98 Å². The Balaban J connectivity index is 2.17. The van der Waals surface area contributed by atoms with Crippen molar-refractivity contribution in [2.45, 2.75) is 19.8 Å². The maximum atomic E-state index is 11.2. The van der Waals surface area contributed by atoms with E-state index in [1.807, 2.05) is 62.4 Å². The molecule has 0 spiro atoms. The lowest BCUT2D eigenvalue weighted by molar-refractivity contribution is -0.481. The highest BCUT2D eigenvalue weighted by Crippen LogP contribution is 2.33. The molecule has 0 radical (unpaired) electrons. The fraction of sp³-hybridized carbons (Fsp3) is 0.222. The summed E-state index contributed by atoms with van der Waals surface area (Å²) in [6.07, 6.45) is 0. The van der Waals surface area contributed by atoms with Crippen LogP contribution in [0.5, 0.6) is 0 Å². The maximum Gasteiger partial charge on any atom is 0.214 e. The topological polar surface area (TPSA) is 58.9 Å². The lowest BCUT2D eigenvalue weighted by atomic mass is 9.89. The van der Waals surface area contributed by atoms with Crippen molar-refractivity contribution in [2.75, 3.05) is 6.54 Å². The smallest absolute Gasteiger partial charge is 0.214 e. The Morgan fingerprint density at radius 3 is 2.45 bits per heavy atom. The number of nitrogens with zero attached hydrogens (tertiary/aromatic N) is 1. The monoisotopic (exact) mass is 294 g/mol. The zero-order valence-electron chi connectivity index (χ0n) is 12.7. The van der Waals surface area contributed by atoms with Crippen molar-refractivity contribution in [1.29, 1.82) is 0 Å². The van der Waals surface area contributed by atoms with Crippen LogP contribution in [-0.2, 0) is 0 Å². The van der Waals surface area contributed by atoms with Gasteiger partial charge in [-0.2, -0.15) is 0 Å². The van der Waals surface area contributed by atoms with E-state index in [-0.39, 0.29) is 17.4 Å². The molecule has 1 heterocycles. The Morgan fingerprint density at radius 2 is 1.77 bits per heavy atom. The Morgan fingerprint density at radius 1 is 1.09 bits per heavy atom. The van der Waals surface area contributed by atoms with Crippen molar-refractivity contribution in [3.8, 4) is 0 Å². The number of aromatic amines is 1. The number of nitro groups is 1. The van der Waals surface area contributed by atoms with Crippen LogP contribution in [0.3, 0.4) is 0 Å². The zero-order valence-corrected chi connectivity index (χ0v) is 12.7. The van der Waals surface area contributed by atoms with Gasteiger partial charge in [-0.15, -0.1) is 0 Å². The molecule has 0 amide bonds. The summed E-state index contributed by atoms with van der Waals surface area (Å²) in [5.74, 6) is -0.244. The van der Waals surface area contributed by atoms with E-state index in [0.717, 1.165) is 33.3 Å². The van der Waals surface area contributed by atoms with Crippen molar-refractivity contribution in [2.24, 2.45) is 0 Å². The quantitative estimate of drug-likeness (QED) is 0.579. The average molecular weight is 294 g/mol. The van der Waals surface area contributed by atoms with Crippen LogP contribution in [0.15, 0.2) is 48.5 Å². The Kier molecular flexibility index (Phi) is 3.67. The van der Waals surface area contributed by atoms with E-state index in [1.54, 1.807) is 0 Å². The van der Waals surface area contributed by atoms with Crippen LogP contribution < -0.4 is 0 Å². The van der Waals surface area contributed by atoms with E-state index in [2.05, 4.69) is 4.98 Å². The predicted molar refractivity (Wildman–Crippen MR) is 87.9 cm³/mol. The van der Waals surface area contributed by atoms with E-state index >= 15 is 0 Å². The number of nitrogens with one attached hydrogen (secondary N) is 1. The number of benzene rings is 2. The van der Waals surface area contributed by atoms with Crippen LogP contribution in [0.25, 0.3) is 10.9 Å². The SMILES string of the molecule is Cc1ccc([C@H](C[N+](=O)[O-])c2c(C)[nH]c3ccccc23)cc1. The molecule has 0 bridgehead atoms. The molecule has 0 aliphatic carbocycles. The highest BCUT2D eigenvalue weighted by molar-refractivity contribution is 5.85. The van der Waals surface area contributed by atoms with Gasteiger partial charge in [-0.1, -0.05) is 48.0 Å². The van der Waals surface area contributed by atoms with E-state index in [4.69, 9.17) is 0 Å². The van der Waals surface area contributed by atoms with Gasteiger partial charge in [0.05, 0.1) is 5.92 Å². The van der Waals surface area contributed by atoms with Crippen LogP contribution in [0.1, 0.15) is 28.3 Å². The van der Waals surface area contributed by atoms with Crippen molar-refractivity contribution in [1.82, 2.24) is 4.98 Å². The predicted octanol–water partition coefficient (Wildman–Crippen LogP) is 4.19. The van der Waals surface area contributed by atoms with E-state index in [9.17, 15) is 10.1 Å². The van der Waals surface area contributed by atoms with Gasteiger partial charge in [-0.25, -0.2) is 0 Å². The van der Waals surface area contributed by atoms with E-state index in [0.29, 0.717) is 0 Å². The number of H-pyrrole nitrogens is 1. The van der Waals surface area contributed by atoms with Gasteiger partial charge in [0.15, 0.2) is 0 Å². The first-order valence-electron chi connectivity index (χ1n) is 7.32. The Hall–Kier alpha value is -2.62. The third-order valence-corrected chi connectivity index (χ3v) is 4.10. The summed E-state index contributed by atoms with van der Waals surface area (Å²) < 4.78 is 0. The number of fused-ring (bicyclic) bond motifs is 1. The highest BCUT2D eigenvalue weighted by Gasteiger charge is 2.25. The summed E-state index contributed by atoms with van der Waals surface area (Å²) in [5, 5.41) is 12.3. The minimum atomic E-state index is -0.244. The first kappa shape index (κ1) is 14.3. The normalized spacial score (nSPS) is 12.5. The summed E-state index contributed by atoms with van der Waals surface area (Å²) in [4.78, 5) is 14.3. The second-order valence-electron chi connectivity index (χ2n) is 5.69. The summed E-state index contributed by atoms with van der Waals surface area (Å²) in [5.41, 5.74) is 5.18. The van der Waals surface area contributed by atoms with Crippen LogP contribution in [0.2, 0.25) is 0 Å². The van der Waals surface area contributed by atoms with Gasteiger partial charge in [-0.3, -0.25) is 10.1 Å². The fourth-order valence-corrected chi connectivity index (χ4v) is 3.06. The maximum absolute atomic E-state index is 11.2. The number of aryl methyl sites for hydroxylation is 2. The number of para-hydroxylation sites is 1.